The van der Waals surface area contributed by atoms with E-state index in [0.717, 1.165) is 4.90 Å². The van der Waals surface area contributed by atoms with E-state index < -0.39 is 58.2 Å². The summed E-state index contributed by atoms with van der Waals surface area (Å²) in [5, 5.41) is 4.06. The third-order valence-corrected chi connectivity index (χ3v) is 7.63. The zero-order valence-corrected chi connectivity index (χ0v) is 20.9. The van der Waals surface area contributed by atoms with Gasteiger partial charge in [-0.3, -0.25) is 14.4 Å². The van der Waals surface area contributed by atoms with Crippen molar-refractivity contribution in [3.8, 4) is 5.75 Å². The summed E-state index contributed by atoms with van der Waals surface area (Å²) in [7, 11) is -2.85. The van der Waals surface area contributed by atoms with Gasteiger partial charge in [-0.2, -0.15) is 13.2 Å². The van der Waals surface area contributed by atoms with E-state index in [9.17, 15) is 40.4 Å². The van der Waals surface area contributed by atoms with Crippen molar-refractivity contribution in [1.82, 2.24) is 19.5 Å². The number of aryl methyl sites for hydroxylation is 2. The molecule has 0 radical (unpaired) electrons. The minimum Gasteiger partial charge on any atom is -0.489 e. The zero-order valence-electron chi connectivity index (χ0n) is 20.1. The number of benzene rings is 1. The number of hydrogen-bond donors (Lipinski definition) is 3. The lowest BCUT2D eigenvalue weighted by Gasteiger charge is -2.23. The third-order valence-electron chi connectivity index (χ3n) is 6.14. The highest BCUT2D eigenvalue weighted by molar-refractivity contribution is 7.89. The molecule has 3 N–H and O–H groups in total. The predicted molar refractivity (Wildman–Crippen MR) is 123 cm³/mol. The normalized spacial score (nSPS) is 20.4. The van der Waals surface area contributed by atoms with Crippen LogP contribution in [0.2, 0.25) is 0 Å². The van der Waals surface area contributed by atoms with E-state index in [1.165, 1.54) is 48.3 Å². The first-order valence-corrected chi connectivity index (χ1v) is 12.7. The Bertz CT molecular complexity index is 1410. The van der Waals surface area contributed by atoms with Crippen LogP contribution in [-0.4, -0.2) is 74.1 Å². The van der Waals surface area contributed by atoms with E-state index in [1.807, 2.05) is 0 Å². The second-order valence-corrected chi connectivity index (χ2v) is 10.7. The Morgan fingerprint density at radius 1 is 1.21 bits per heavy atom. The Hall–Kier alpha value is -3.66. The molecule has 3 heterocycles. The molecule has 0 aliphatic carbocycles. The van der Waals surface area contributed by atoms with Gasteiger partial charge in [0.15, 0.2) is 11.4 Å². The van der Waals surface area contributed by atoms with Gasteiger partial charge in [-0.15, -0.1) is 0 Å². The average Bonchev–Trinajstić information content (AvgIpc) is 3.36. The van der Waals surface area contributed by atoms with Crippen LogP contribution in [-0.2, 0) is 26.7 Å². The lowest BCUT2D eigenvalue weighted by Crippen LogP contribution is -2.46. The van der Waals surface area contributed by atoms with Crippen LogP contribution in [0.5, 0.6) is 5.75 Å². The fraction of sp³-hybridized carbons (Fsp3) is 0.409. The molecule has 0 saturated carbocycles. The maximum atomic E-state index is 13.6. The first-order valence-electron chi connectivity index (χ1n) is 11.2. The van der Waals surface area contributed by atoms with E-state index in [1.54, 1.807) is 0 Å². The molecule has 2 aromatic rings. The molecular weight excluding hydrogens is 538 g/mol. The molecule has 1 unspecified atom stereocenters. The van der Waals surface area contributed by atoms with Gasteiger partial charge in [0, 0.05) is 44.0 Å². The van der Waals surface area contributed by atoms with Crippen molar-refractivity contribution >= 4 is 33.4 Å². The van der Waals surface area contributed by atoms with Gasteiger partial charge >= 0.3 is 18.0 Å². The maximum absolute atomic E-state index is 13.6. The van der Waals surface area contributed by atoms with Crippen LogP contribution in [0.15, 0.2) is 29.3 Å². The molecule has 38 heavy (non-hydrogen) atoms. The van der Waals surface area contributed by atoms with Crippen LogP contribution in [0.3, 0.4) is 0 Å². The number of halogens is 4. The Kier molecular flexibility index (Phi) is 7.13. The highest BCUT2D eigenvalue weighted by atomic mass is 32.2. The topological polar surface area (TPSA) is 139 Å². The van der Waals surface area contributed by atoms with Crippen LogP contribution in [0, 0.1) is 18.7 Å². The number of nitrogens with one attached hydrogen (secondary N) is 3. The van der Waals surface area contributed by atoms with E-state index in [4.69, 9.17) is 4.74 Å². The zero-order chi connectivity index (χ0) is 28.0. The van der Waals surface area contributed by atoms with E-state index in [-0.39, 0.29) is 47.3 Å². The van der Waals surface area contributed by atoms with Gasteiger partial charge in [-0.05, 0) is 30.7 Å². The Morgan fingerprint density at radius 3 is 2.58 bits per heavy atom. The monoisotopic (exact) mass is 561 g/mol. The Morgan fingerprint density at radius 2 is 1.92 bits per heavy atom. The molecule has 1 aromatic heterocycles. The molecule has 1 aromatic carbocycles. The number of fused-ring (bicyclic) bond motifs is 2. The molecule has 16 heteroatoms. The van der Waals surface area contributed by atoms with Crippen molar-refractivity contribution in [2.75, 3.05) is 31.6 Å². The molecule has 3 amide bonds. The summed E-state index contributed by atoms with van der Waals surface area (Å²) in [5.41, 5.74) is 0.416. The van der Waals surface area contributed by atoms with E-state index in [0.29, 0.717) is 0 Å². The lowest BCUT2D eigenvalue weighted by molar-refractivity contribution is -0.150. The summed E-state index contributed by atoms with van der Waals surface area (Å²) in [6.07, 6.45) is -3.54. The molecule has 206 valence electrons. The second-order valence-electron chi connectivity index (χ2n) is 9.01. The number of aromatic nitrogens is 1. The SMILES string of the molecule is Cc1cc(NC(=O)c2c3c(cn2C)S(=O)(=O)NC2CN(C(=O)C(=O)NCC(F)(F)F)C[C@H]2CO3)ccc1F. The summed E-state index contributed by atoms with van der Waals surface area (Å²) in [5.74, 6) is -4.83. The highest BCUT2D eigenvalue weighted by Crippen LogP contribution is 2.34. The molecule has 4 rings (SSSR count). The summed E-state index contributed by atoms with van der Waals surface area (Å²) in [6.45, 7) is -0.800. The van der Waals surface area contributed by atoms with Crippen molar-refractivity contribution in [3.63, 3.8) is 0 Å². The third kappa shape index (κ3) is 5.60. The number of likely N-dealkylation sites (tertiary alicyclic amines) is 1. The molecule has 2 aliphatic heterocycles. The molecule has 0 spiro atoms. The largest absolute Gasteiger partial charge is 0.489 e. The van der Waals surface area contributed by atoms with E-state index in [2.05, 4.69) is 10.0 Å². The molecule has 2 atom stereocenters. The van der Waals surface area contributed by atoms with Gasteiger partial charge in [-0.1, -0.05) is 0 Å². The minimum absolute atomic E-state index is 0.136. The lowest BCUT2D eigenvalue weighted by atomic mass is 10.1. The van der Waals surface area contributed by atoms with Crippen LogP contribution in [0.1, 0.15) is 16.1 Å². The first-order chi connectivity index (χ1) is 17.7. The molecule has 1 fully saturated rings. The van der Waals surface area contributed by atoms with Gasteiger partial charge in [0.25, 0.3) is 5.91 Å². The average molecular weight is 562 g/mol. The molecule has 2 aliphatic rings. The maximum Gasteiger partial charge on any atom is 0.405 e. The molecule has 1 saturated heterocycles. The van der Waals surface area contributed by atoms with Gasteiger partial charge < -0.3 is 24.8 Å². The summed E-state index contributed by atoms with van der Waals surface area (Å²) >= 11 is 0. The summed E-state index contributed by atoms with van der Waals surface area (Å²) < 4.78 is 86.5. The van der Waals surface area contributed by atoms with Gasteiger partial charge in [-0.25, -0.2) is 17.5 Å². The molecule has 11 nitrogen and oxygen atoms in total. The van der Waals surface area contributed by atoms with Crippen LogP contribution >= 0.6 is 0 Å². The van der Waals surface area contributed by atoms with Crippen molar-refractivity contribution in [1.29, 1.82) is 0 Å². The Labute approximate surface area is 214 Å². The van der Waals surface area contributed by atoms with Crippen LogP contribution in [0.4, 0.5) is 23.2 Å². The Balaban J connectivity index is 1.54. The second kappa shape index (κ2) is 9.90. The van der Waals surface area contributed by atoms with Gasteiger partial charge in [0.2, 0.25) is 10.0 Å². The van der Waals surface area contributed by atoms with Crippen LogP contribution in [0.25, 0.3) is 0 Å². The van der Waals surface area contributed by atoms with Crippen molar-refractivity contribution in [2.45, 2.75) is 24.0 Å². The predicted octanol–water partition coefficient (Wildman–Crippen LogP) is 0.901. The number of hydrogen-bond acceptors (Lipinski definition) is 6. The van der Waals surface area contributed by atoms with Crippen molar-refractivity contribution in [2.24, 2.45) is 13.0 Å². The number of ether oxygens (including phenoxy) is 1. The number of carbonyl (C=O) groups is 3. The first kappa shape index (κ1) is 27.4. The summed E-state index contributed by atoms with van der Waals surface area (Å²) in [6, 6.07) is 3.01. The number of sulfonamides is 1. The van der Waals surface area contributed by atoms with Crippen LogP contribution < -0.4 is 20.1 Å². The fourth-order valence-electron chi connectivity index (χ4n) is 4.28. The highest BCUT2D eigenvalue weighted by Gasteiger charge is 2.43. The van der Waals surface area contributed by atoms with E-state index >= 15 is 0 Å². The smallest absolute Gasteiger partial charge is 0.405 e. The molecular formula is C22H23F4N5O6S. The number of nitrogens with zero attached hydrogens (tertiary/aromatic N) is 2. The quantitative estimate of drug-likeness (QED) is 0.376. The van der Waals surface area contributed by atoms with Crippen molar-refractivity contribution in [3.05, 3.63) is 41.5 Å². The number of anilines is 1. The summed E-state index contributed by atoms with van der Waals surface area (Å²) in [4.78, 5) is 37.9. The van der Waals surface area contributed by atoms with Gasteiger partial charge in [0.05, 0.1) is 6.61 Å². The number of rotatable bonds is 3. The number of amides is 3. The minimum atomic E-state index is -4.71. The molecule has 0 bridgehead atoms. The van der Waals surface area contributed by atoms with Crippen molar-refractivity contribution < 1.29 is 45.1 Å². The standard InChI is InChI=1S/C22H23F4N5O6S/c1-11-5-13(3-4-14(11)23)28-19(32)17-18-16(8-30(17)2)38(35,36)29-15-7-31(6-12(15)9-37-18)21(34)20(33)27-10-22(24,25)26/h3-5,8,12,15,29H,6-7,9-10H2,1-2H3,(H,27,33)(H,28,32)/t12-,15?/m0/s1. The fourth-order valence-corrected chi connectivity index (χ4v) is 5.76. The number of alkyl halides is 3. The number of carbonyl (C=O) groups excluding carboxylic acids is 3. The van der Waals surface area contributed by atoms with Gasteiger partial charge in [0.1, 0.15) is 17.3 Å².